The van der Waals surface area contributed by atoms with Gasteiger partial charge in [0, 0.05) is 66.6 Å². The smallest absolute Gasteiger partial charge is 0.387 e. The molecule has 210 valence electrons. The number of carbonyl (C=O) groups is 1. The van der Waals surface area contributed by atoms with Gasteiger partial charge in [0.15, 0.2) is 5.78 Å². The standard InChI is InChI=1S/C31H27ClF2N4O3/c1-17(39)25-13-26(40-30(33)34)22-12-20(4-5-24(22)36-25)38-10-7-31(8-11-38)14-19(15-31)27-28(21-6-9-35-16-23(21)32)37-41-29(27)18-2-3-18/h4-6,9,12-14,16,18,30H,2-3,7-8,10-11,15H2,1H3. The van der Waals surface area contributed by atoms with Gasteiger partial charge in [-0.2, -0.15) is 8.78 Å². The van der Waals surface area contributed by atoms with E-state index in [2.05, 4.69) is 26.1 Å². The lowest BCUT2D eigenvalue weighted by Crippen LogP contribution is -2.42. The van der Waals surface area contributed by atoms with Crippen molar-refractivity contribution in [3.05, 3.63) is 70.8 Å². The first-order chi connectivity index (χ1) is 19.8. The van der Waals surface area contributed by atoms with E-state index in [-0.39, 0.29) is 22.6 Å². The quantitative estimate of drug-likeness (QED) is 0.209. The molecule has 0 unspecified atom stereocenters. The number of Topliss-reactive ketones (excluding diaryl/α,β-unsaturated/α-hetero) is 1. The van der Waals surface area contributed by atoms with Crippen molar-refractivity contribution in [1.29, 1.82) is 0 Å². The second-order valence-corrected chi connectivity index (χ2v) is 11.6. The SMILES string of the molecule is CC(=O)c1cc(OC(F)F)c2cc(N3CCC4(C=C(c5c(-c6ccncc6Cl)noc5C5CC5)C4)CC3)ccc2n1. The summed E-state index contributed by atoms with van der Waals surface area (Å²) in [5.74, 6) is 1.03. The van der Waals surface area contributed by atoms with Crippen LogP contribution in [0.5, 0.6) is 5.75 Å². The normalized spacial score (nSPS) is 18.1. The predicted octanol–water partition coefficient (Wildman–Crippen LogP) is 7.69. The van der Waals surface area contributed by atoms with E-state index in [0.717, 1.165) is 73.5 Å². The van der Waals surface area contributed by atoms with Gasteiger partial charge in [0.2, 0.25) is 0 Å². The van der Waals surface area contributed by atoms with Gasteiger partial charge in [0.05, 0.1) is 10.5 Å². The molecule has 0 radical (unpaired) electrons. The summed E-state index contributed by atoms with van der Waals surface area (Å²) >= 11 is 6.48. The van der Waals surface area contributed by atoms with Gasteiger partial charge in [-0.25, -0.2) is 4.98 Å². The Bertz CT molecular complexity index is 1710. The molecule has 0 N–H and O–H groups in total. The monoisotopic (exact) mass is 576 g/mol. The van der Waals surface area contributed by atoms with Gasteiger partial charge in [-0.1, -0.05) is 22.8 Å². The molecule has 1 saturated heterocycles. The van der Waals surface area contributed by atoms with Crippen molar-refractivity contribution in [2.45, 2.75) is 51.6 Å². The van der Waals surface area contributed by atoms with Crippen LogP contribution in [-0.4, -0.2) is 40.6 Å². The van der Waals surface area contributed by atoms with Crippen LogP contribution in [0.4, 0.5) is 14.5 Å². The molecule has 41 heavy (non-hydrogen) atoms. The average Bonchev–Trinajstić information content (AvgIpc) is 3.70. The van der Waals surface area contributed by atoms with Gasteiger partial charge < -0.3 is 14.2 Å². The molecule has 4 aromatic rings. The van der Waals surface area contributed by atoms with Gasteiger partial charge >= 0.3 is 6.61 Å². The summed E-state index contributed by atoms with van der Waals surface area (Å²) < 4.78 is 36.9. The largest absolute Gasteiger partial charge is 0.434 e. The number of benzene rings is 1. The molecule has 2 fully saturated rings. The number of hydrogen-bond donors (Lipinski definition) is 0. The molecule has 7 rings (SSSR count). The van der Waals surface area contributed by atoms with Crippen LogP contribution in [0.25, 0.3) is 27.7 Å². The second kappa shape index (κ2) is 9.91. The lowest BCUT2D eigenvalue weighted by atomic mass is 9.63. The maximum atomic E-state index is 13.2. The molecule has 0 amide bonds. The number of piperidine rings is 1. The summed E-state index contributed by atoms with van der Waals surface area (Å²) in [5.41, 5.74) is 5.53. The summed E-state index contributed by atoms with van der Waals surface area (Å²) in [6.45, 7) is -0.00806. The predicted molar refractivity (Wildman–Crippen MR) is 152 cm³/mol. The summed E-state index contributed by atoms with van der Waals surface area (Å²) in [6, 6.07) is 8.69. The zero-order valence-corrected chi connectivity index (χ0v) is 23.1. The molecule has 1 aliphatic heterocycles. The molecule has 4 heterocycles. The number of pyridine rings is 2. The van der Waals surface area contributed by atoms with E-state index < -0.39 is 6.61 Å². The van der Waals surface area contributed by atoms with E-state index in [4.69, 9.17) is 20.9 Å². The Morgan fingerprint density at radius 1 is 1.20 bits per heavy atom. The molecule has 2 aliphatic carbocycles. The lowest BCUT2D eigenvalue weighted by molar-refractivity contribution is -0.0488. The zero-order chi connectivity index (χ0) is 28.3. The molecule has 1 saturated carbocycles. The number of alkyl halides is 2. The van der Waals surface area contributed by atoms with Crippen LogP contribution in [0.15, 0.2) is 53.3 Å². The van der Waals surface area contributed by atoms with E-state index in [1.54, 1.807) is 18.5 Å². The van der Waals surface area contributed by atoms with E-state index in [1.165, 1.54) is 18.6 Å². The first-order valence-electron chi connectivity index (χ1n) is 13.8. The van der Waals surface area contributed by atoms with Crippen LogP contribution >= 0.6 is 11.6 Å². The first-order valence-corrected chi connectivity index (χ1v) is 14.2. The number of halogens is 3. The third-order valence-corrected chi connectivity index (χ3v) is 8.79. The molecule has 1 spiro atoms. The fourth-order valence-electron chi connectivity index (χ4n) is 6.15. The Morgan fingerprint density at radius 2 is 1.98 bits per heavy atom. The maximum absolute atomic E-state index is 13.2. The number of fused-ring (bicyclic) bond motifs is 1. The van der Waals surface area contributed by atoms with Crippen LogP contribution in [0.3, 0.4) is 0 Å². The van der Waals surface area contributed by atoms with Crippen LogP contribution in [0, 0.1) is 5.41 Å². The average molecular weight is 577 g/mol. The number of carbonyl (C=O) groups excluding carboxylic acids is 1. The van der Waals surface area contributed by atoms with Crippen LogP contribution in [-0.2, 0) is 0 Å². The van der Waals surface area contributed by atoms with Crippen molar-refractivity contribution in [2.24, 2.45) is 5.41 Å². The van der Waals surface area contributed by atoms with Gasteiger partial charge in [-0.3, -0.25) is 9.78 Å². The molecule has 3 aliphatic rings. The van der Waals surface area contributed by atoms with Gasteiger partial charge in [0.25, 0.3) is 0 Å². The molecule has 3 aromatic heterocycles. The molecule has 1 aromatic carbocycles. The Labute approximate surface area is 240 Å². The number of ether oxygens (including phenoxy) is 1. The fraction of sp³-hybridized carbons (Fsp3) is 0.355. The van der Waals surface area contributed by atoms with Gasteiger partial charge in [0.1, 0.15) is 22.9 Å². The molecular weight excluding hydrogens is 550 g/mol. The number of aromatic nitrogens is 3. The minimum absolute atomic E-state index is 0.0395. The highest BCUT2D eigenvalue weighted by Crippen LogP contribution is 2.56. The van der Waals surface area contributed by atoms with Crippen LogP contribution < -0.4 is 9.64 Å². The molecule has 0 bridgehead atoms. The molecule has 7 nitrogen and oxygen atoms in total. The van der Waals surface area contributed by atoms with Gasteiger partial charge in [-0.15, -0.1) is 0 Å². The Balaban J connectivity index is 1.13. The number of anilines is 1. The summed E-state index contributed by atoms with van der Waals surface area (Å²) in [7, 11) is 0. The maximum Gasteiger partial charge on any atom is 0.387 e. The second-order valence-electron chi connectivity index (χ2n) is 11.2. The van der Waals surface area contributed by atoms with Crippen molar-refractivity contribution in [2.75, 3.05) is 18.0 Å². The van der Waals surface area contributed by atoms with Crippen molar-refractivity contribution in [3.8, 4) is 17.0 Å². The van der Waals surface area contributed by atoms with E-state index in [1.807, 2.05) is 18.2 Å². The number of allylic oxidation sites excluding steroid dienone is 2. The number of hydrogen-bond acceptors (Lipinski definition) is 7. The summed E-state index contributed by atoms with van der Waals surface area (Å²) in [5, 5.41) is 5.46. The van der Waals surface area contributed by atoms with E-state index in [9.17, 15) is 13.6 Å². The highest BCUT2D eigenvalue weighted by molar-refractivity contribution is 6.33. The van der Waals surface area contributed by atoms with Crippen molar-refractivity contribution in [3.63, 3.8) is 0 Å². The fourth-order valence-corrected chi connectivity index (χ4v) is 6.36. The lowest BCUT2D eigenvalue weighted by Gasteiger charge is -2.47. The molecule has 0 atom stereocenters. The Kier molecular flexibility index (Phi) is 6.30. The molecule has 10 heteroatoms. The van der Waals surface area contributed by atoms with Crippen molar-refractivity contribution in [1.82, 2.24) is 15.1 Å². The summed E-state index contributed by atoms with van der Waals surface area (Å²) in [6.07, 6.45) is 10.8. The first kappa shape index (κ1) is 26.1. The number of nitrogens with zero attached hydrogens (tertiary/aromatic N) is 4. The van der Waals surface area contributed by atoms with Crippen molar-refractivity contribution < 1.29 is 22.8 Å². The third kappa shape index (κ3) is 4.76. The number of rotatable bonds is 7. The molecular formula is C31H27ClF2N4O3. The van der Waals surface area contributed by atoms with E-state index in [0.29, 0.717) is 21.8 Å². The van der Waals surface area contributed by atoms with Gasteiger partial charge in [-0.05, 0) is 67.4 Å². The van der Waals surface area contributed by atoms with E-state index >= 15 is 0 Å². The topological polar surface area (TPSA) is 81.4 Å². The highest BCUT2D eigenvalue weighted by Gasteiger charge is 2.44. The third-order valence-electron chi connectivity index (χ3n) is 8.49. The number of ketones is 1. The Hall–Kier alpha value is -3.85. The Morgan fingerprint density at radius 3 is 2.66 bits per heavy atom. The van der Waals surface area contributed by atoms with Crippen molar-refractivity contribution >= 4 is 39.5 Å². The minimum atomic E-state index is -3.00. The van der Waals surface area contributed by atoms with Crippen LogP contribution in [0.2, 0.25) is 5.02 Å². The highest BCUT2D eigenvalue weighted by atomic mass is 35.5. The zero-order valence-electron chi connectivity index (χ0n) is 22.4. The van der Waals surface area contributed by atoms with Crippen LogP contribution in [0.1, 0.15) is 66.8 Å². The summed E-state index contributed by atoms with van der Waals surface area (Å²) in [4.78, 5) is 22.6. The minimum Gasteiger partial charge on any atom is -0.434 e.